The molecule has 0 heterocycles. The number of para-hydroxylation sites is 1. The Bertz CT molecular complexity index is 915. The molecule has 0 spiro atoms. The first-order valence-electron chi connectivity index (χ1n) is 9.72. The van der Waals surface area contributed by atoms with Crippen molar-refractivity contribution in [1.82, 2.24) is 0 Å². The highest BCUT2D eigenvalue weighted by molar-refractivity contribution is 5.36. The molecule has 28 heavy (non-hydrogen) atoms. The van der Waals surface area contributed by atoms with Gasteiger partial charge in [-0.1, -0.05) is 67.1 Å². The number of allylic oxidation sites excluding steroid dienone is 1. The molecule has 0 aromatic heterocycles. The van der Waals surface area contributed by atoms with Crippen LogP contribution < -0.4 is 4.74 Å². The number of rotatable bonds is 8. The summed E-state index contributed by atoms with van der Waals surface area (Å²) < 4.78 is 19.8. The summed E-state index contributed by atoms with van der Waals surface area (Å²) >= 11 is 0. The van der Waals surface area contributed by atoms with Gasteiger partial charge in [0.05, 0.1) is 0 Å². The zero-order valence-electron chi connectivity index (χ0n) is 16.6. The van der Waals surface area contributed by atoms with Crippen molar-refractivity contribution in [2.75, 3.05) is 0 Å². The standard InChI is InChI=1S/C26H27FO/c1-4-26(3,22-15-12-20(2)13-16-22)18-8-9-21-14-17-24(27)25(19-21)28-23-10-6-5-7-11-23/h4-7,10-17,19H,1,8-9,18H2,2-3H3. The molecule has 0 saturated heterocycles. The van der Waals surface area contributed by atoms with Gasteiger partial charge in [0.15, 0.2) is 11.6 Å². The monoisotopic (exact) mass is 374 g/mol. The Hall–Kier alpha value is -2.87. The van der Waals surface area contributed by atoms with Gasteiger partial charge in [0.2, 0.25) is 0 Å². The van der Waals surface area contributed by atoms with Crippen molar-refractivity contribution in [3.8, 4) is 11.5 Å². The van der Waals surface area contributed by atoms with E-state index in [0.29, 0.717) is 5.75 Å². The zero-order valence-corrected chi connectivity index (χ0v) is 16.6. The van der Waals surface area contributed by atoms with Crippen molar-refractivity contribution in [3.63, 3.8) is 0 Å². The lowest BCUT2D eigenvalue weighted by molar-refractivity contribution is 0.441. The van der Waals surface area contributed by atoms with Crippen LogP contribution in [-0.2, 0) is 11.8 Å². The summed E-state index contributed by atoms with van der Waals surface area (Å²) in [5, 5.41) is 0. The molecular weight excluding hydrogens is 347 g/mol. The van der Waals surface area contributed by atoms with Crippen LogP contribution in [0.1, 0.15) is 36.5 Å². The average molecular weight is 374 g/mol. The molecule has 0 fully saturated rings. The summed E-state index contributed by atoms with van der Waals surface area (Å²) in [4.78, 5) is 0. The van der Waals surface area contributed by atoms with E-state index in [1.807, 2.05) is 42.5 Å². The van der Waals surface area contributed by atoms with Gasteiger partial charge in [0, 0.05) is 5.41 Å². The van der Waals surface area contributed by atoms with Gasteiger partial charge < -0.3 is 4.74 Å². The minimum Gasteiger partial charge on any atom is -0.454 e. The second kappa shape index (κ2) is 8.88. The lowest BCUT2D eigenvalue weighted by Gasteiger charge is -2.26. The van der Waals surface area contributed by atoms with Gasteiger partial charge in [-0.3, -0.25) is 0 Å². The van der Waals surface area contributed by atoms with Crippen LogP contribution in [-0.4, -0.2) is 0 Å². The summed E-state index contributed by atoms with van der Waals surface area (Å²) in [5.74, 6) is 0.564. The minimum absolute atomic E-state index is 0.0723. The Labute approximate surface area is 167 Å². The van der Waals surface area contributed by atoms with E-state index in [4.69, 9.17) is 4.74 Å². The number of benzene rings is 3. The van der Waals surface area contributed by atoms with Crippen molar-refractivity contribution >= 4 is 0 Å². The first kappa shape index (κ1) is 19.9. The molecule has 0 aliphatic heterocycles. The molecular formula is C26H27FO. The summed E-state index contributed by atoms with van der Waals surface area (Å²) in [5.41, 5.74) is 3.53. The molecule has 3 aromatic rings. The second-order valence-electron chi connectivity index (χ2n) is 7.52. The lowest BCUT2D eigenvalue weighted by atomic mass is 9.78. The predicted octanol–water partition coefficient (Wildman–Crippen LogP) is 7.39. The smallest absolute Gasteiger partial charge is 0.165 e. The molecule has 0 aliphatic rings. The lowest BCUT2D eigenvalue weighted by Crippen LogP contribution is -2.18. The van der Waals surface area contributed by atoms with Gasteiger partial charge in [0.25, 0.3) is 0 Å². The molecule has 1 unspecified atom stereocenters. The third kappa shape index (κ3) is 4.89. The van der Waals surface area contributed by atoms with E-state index in [1.54, 1.807) is 6.07 Å². The van der Waals surface area contributed by atoms with Gasteiger partial charge in [-0.2, -0.15) is 0 Å². The molecule has 144 valence electrons. The van der Waals surface area contributed by atoms with E-state index < -0.39 is 0 Å². The molecule has 0 radical (unpaired) electrons. The van der Waals surface area contributed by atoms with Crippen LogP contribution in [0, 0.1) is 12.7 Å². The van der Waals surface area contributed by atoms with E-state index in [-0.39, 0.29) is 17.0 Å². The first-order chi connectivity index (χ1) is 13.5. The molecule has 1 nitrogen and oxygen atoms in total. The number of hydrogen-bond acceptors (Lipinski definition) is 1. The topological polar surface area (TPSA) is 9.23 Å². The Morgan fingerprint density at radius 3 is 2.39 bits per heavy atom. The number of hydrogen-bond donors (Lipinski definition) is 0. The normalized spacial score (nSPS) is 13.0. The van der Waals surface area contributed by atoms with Gasteiger partial charge in [-0.05, 0) is 61.6 Å². The zero-order chi connectivity index (χ0) is 20.0. The Balaban J connectivity index is 1.66. The highest BCUT2D eigenvalue weighted by Gasteiger charge is 2.22. The van der Waals surface area contributed by atoms with E-state index in [0.717, 1.165) is 24.8 Å². The Kier molecular flexibility index (Phi) is 6.30. The van der Waals surface area contributed by atoms with Crippen molar-refractivity contribution in [2.24, 2.45) is 0 Å². The third-order valence-corrected chi connectivity index (χ3v) is 5.29. The van der Waals surface area contributed by atoms with Crippen LogP contribution in [0.3, 0.4) is 0 Å². The summed E-state index contributed by atoms with van der Waals surface area (Å²) in [7, 11) is 0. The first-order valence-corrected chi connectivity index (χ1v) is 9.72. The molecule has 3 rings (SSSR count). The predicted molar refractivity (Wildman–Crippen MR) is 115 cm³/mol. The van der Waals surface area contributed by atoms with E-state index in [2.05, 4.69) is 44.7 Å². The fraction of sp³-hybridized carbons (Fsp3) is 0.231. The van der Waals surface area contributed by atoms with Crippen molar-refractivity contribution in [2.45, 2.75) is 38.5 Å². The molecule has 0 bridgehead atoms. The summed E-state index contributed by atoms with van der Waals surface area (Å²) in [6.45, 7) is 8.38. The van der Waals surface area contributed by atoms with Crippen LogP contribution in [0.15, 0.2) is 85.5 Å². The van der Waals surface area contributed by atoms with Gasteiger partial charge >= 0.3 is 0 Å². The van der Waals surface area contributed by atoms with E-state index >= 15 is 0 Å². The number of aryl methyl sites for hydroxylation is 2. The van der Waals surface area contributed by atoms with Crippen LogP contribution in [0.5, 0.6) is 11.5 Å². The number of halogens is 1. The maximum atomic E-state index is 14.1. The van der Waals surface area contributed by atoms with Crippen LogP contribution in [0.2, 0.25) is 0 Å². The van der Waals surface area contributed by atoms with Crippen molar-refractivity contribution < 1.29 is 9.13 Å². The Morgan fingerprint density at radius 1 is 1.00 bits per heavy atom. The highest BCUT2D eigenvalue weighted by Crippen LogP contribution is 2.32. The molecule has 3 aromatic carbocycles. The largest absolute Gasteiger partial charge is 0.454 e. The van der Waals surface area contributed by atoms with Gasteiger partial charge in [-0.25, -0.2) is 4.39 Å². The van der Waals surface area contributed by atoms with Crippen LogP contribution in [0.4, 0.5) is 4.39 Å². The summed E-state index contributed by atoms with van der Waals surface area (Å²) in [6.07, 6.45) is 4.85. The second-order valence-corrected chi connectivity index (χ2v) is 7.52. The number of ether oxygens (including phenoxy) is 1. The maximum absolute atomic E-state index is 14.1. The maximum Gasteiger partial charge on any atom is 0.165 e. The SMILES string of the molecule is C=CC(C)(CCCc1ccc(F)c(Oc2ccccc2)c1)c1ccc(C)cc1. The van der Waals surface area contributed by atoms with Crippen LogP contribution >= 0.6 is 0 Å². The minimum atomic E-state index is -0.344. The average Bonchev–Trinajstić information content (AvgIpc) is 2.71. The van der Waals surface area contributed by atoms with Crippen molar-refractivity contribution in [3.05, 3.63) is 108 Å². The fourth-order valence-corrected chi connectivity index (χ4v) is 3.36. The quantitative estimate of drug-likeness (QED) is 0.373. The molecule has 0 saturated carbocycles. The fourth-order valence-electron chi connectivity index (χ4n) is 3.36. The van der Waals surface area contributed by atoms with Crippen molar-refractivity contribution in [1.29, 1.82) is 0 Å². The van der Waals surface area contributed by atoms with Gasteiger partial charge in [0.1, 0.15) is 5.75 Å². The molecule has 1 atom stereocenters. The molecule has 0 aliphatic carbocycles. The highest BCUT2D eigenvalue weighted by atomic mass is 19.1. The van der Waals surface area contributed by atoms with Gasteiger partial charge in [-0.15, -0.1) is 6.58 Å². The third-order valence-electron chi connectivity index (χ3n) is 5.29. The summed E-state index contributed by atoms with van der Waals surface area (Å²) in [6, 6.07) is 23.1. The molecule has 0 N–H and O–H groups in total. The van der Waals surface area contributed by atoms with Crippen LogP contribution in [0.25, 0.3) is 0 Å². The van der Waals surface area contributed by atoms with E-state index in [1.165, 1.54) is 17.2 Å². The molecule has 2 heteroatoms. The Morgan fingerprint density at radius 2 is 1.71 bits per heavy atom. The molecule has 0 amide bonds. The van der Waals surface area contributed by atoms with E-state index in [9.17, 15) is 4.39 Å².